The molecule has 2 N–H and O–H groups in total. The summed E-state index contributed by atoms with van der Waals surface area (Å²) in [5, 5.41) is 2.91. The highest BCUT2D eigenvalue weighted by Gasteiger charge is 2.30. The Labute approximate surface area is 132 Å². The third kappa shape index (κ3) is 7.50. The zero-order chi connectivity index (χ0) is 16.6. The molecular formula is C13H27N2O6S+. The topological polar surface area (TPSA) is 102 Å². The van der Waals surface area contributed by atoms with Gasteiger partial charge >= 0.3 is 10.4 Å². The van der Waals surface area contributed by atoms with Crippen molar-refractivity contribution in [3.8, 4) is 0 Å². The summed E-state index contributed by atoms with van der Waals surface area (Å²) in [4.78, 5) is 11.6. The first-order valence-electron chi connectivity index (χ1n) is 7.56. The number of ether oxygens (including phenoxy) is 1. The standard InChI is InChI=1S/C13H26N2O6S/c1-12(2)13(16)14-4-6-15(7-10-20-11-8-15)5-3-9-21-22(17,18)19/h12H,3-11H2,1-2H3,(H-,14,16,17,18,19)/p+1. The van der Waals surface area contributed by atoms with Gasteiger partial charge in [0.15, 0.2) is 0 Å². The SMILES string of the molecule is CC(C)C(=O)NCC[N+]1(CCCOS(=O)(=O)O)CCOCC1. The lowest BCUT2D eigenvalue weighted by molar-refractivity contribution is -0.934. The van der Waals surface area contributed by atoms with Crippen LogP contribution >= 0.6 is 0 Å². The van der Waals surface area contributed by atoms with Crippen molar-refractivity contribution in [2.45, 2.75) is 20.3 Å². The fourth-order valence-corrected chi connectivity index (χ4v) is 2.80. The van der Waals surface area contributed by atoms with Gasteiger partial charge in [-0.2, -0.15) is 8.42 Å². The second kappa shape index (κ2) is 8.78. The molecule has 0 atom stereocenters. The Hall–Kier alpha value is -0.740. The van der Waals surface area contributed by atoms with Crippen molar-refractivity contribution in [2.75, 3.05) is 52.5 Å². The van der Waals surface area contributed by atoms with Crippen molar-refractivity contribution in [3.05, 3.63) is 0 Å². The fourth-order valence-electron chi connectivity index (χ4n) is 2.47. The minimum absolute atomic E-state index is 0.0288. The van der Waals surface area contributed by atoms with E-state index >= 15 is 0 Å². The van der Waals surface area contributed by atoms with Crippen LogP contribution < -0.4 is 5.32 Å². The number of morpholine rings is 1. The molecule has 0 aliphatic carbocycles. The number of nitrogens with zero attached hydrogens (tertiary/aromatic N) is 1. The molecule has 1 aliphatic heterocycles. The number of quaternary nitrogens is 1. The first kappa shape index (κ1) is 19.3. The van der Waals surface area contributed by atoms with Gasteiger partial charge in [0, 0.05) is 12.3 Å². The summed E-state index contributed by atoms with van der Waals surface area (Å²) in [6.45, 7) is 8.67. The summed E-state index contributed by atoms with van der Waals surface area (Å²) in [7, 11) is -4.37. The molecular weight excluding hydrogens is 312 g/mol. The van der Waals surface area contributed by atoms with Crippen LogP contribution in [0.4, 0.5) is 0 Å². The Balaban J connectivity index is 2.42. The molecule has 9 heteroatoms. The van der Waals surface area contributed by atoms with E-state index in [0.717, 1.165) is 30.7 Å². The van der Waals surface area contributed by atoms with Crippen LogP contribution in [0.15, 0.2) is 0 Å². The highest BCUT2D eigenvalue weighted by molar-refractivity contribution is 7.80. The van der Waals surface area contributed by atoms with Crippen LogP contribution in [0.1, 0.15) is 20.3 Å². The van der Waals surface area contributed by atoms with E-state index in [2.05, 4.69) is 9.50 Å². The molecule has 0 radical (unpaired) electrons. The zero-order valence-electron chi connectivity index (χ0n) is 13.3. The van der Waals surface area contributed by atoms with Gasteiger partial charge in [0.05, 0.1) is 39.5 Å². The van der Waals surface area contributed by atoms with E-state index < -0.39 is 10.4 Å². The van der Waals surface area contributed by atoms with Gasteiger partial charge in [-0.05, 0) is 0 Å². The van der Waals surface area contributed by atoms with Crippen molar-refractivity contribution in [3.63, 3.8) is 0 Å². The second-order valence-corrected chi connectivity index (χ2v) is 6.99. The third-order valence-corrected chi connectivity index (χ3v) is 4.30. The second-order valence-electron chi connectivity index (χ2n) is 5.90. The predicted molar refractivity (Wildman–Crippen MR) is 80.5 cm³/mol. The van der Waals surface area contributed by atoms with Gasteiger partial charge in [-0.1, -0.05) is 13.8 Å². The number of amides is 1. The van der Waals surface area contributed by atoms with Crippen LogP contribution in [0.3, 0.4) is 0 Å². The minimum atomic E-state index is -4.37. The Kier molecular flexibility index (Phi) is 7.70. The largest absolute Gasteiger partial charge is 0.397 e. The molecule has 1 aliphatic rings. The number of hydrogen-bond donors (Lipinski definition) is 2. The summed E-state index contributed by atoms with van der Waals surface area (Å²) in [6, 6.07) is 0. The van der Waals surface area contributed by atoms with Crippen LogP contribution in [0.25, 0.3) is 0 Å². The van der Waals surface area contributed by atoms with E-state index in [1.54, 1.807) is 0 Å². The van der Waals surface area contributed by atoms with E-state index in [4.69, 9.17) is 9.29 Å². The molecule has 0 bridgehead atoms. The van der Waals surface area contributed by atoms with Gasteiger partial charge in [0.1, 0.15) is 13.1 Å². The van der Waals surface area contributed by atoms with Crippen molar-refractivity contribution < 1.29 is 31.2 Å². The van der Waals surface area contributed by atoms with E-state index in [-0.39, 0.29) is 18.4 Å². The normalized spacial score (nSPS) is 18.4. The minimum Gasteiger partial charge on any atom is -0.370 e. The molecule has 0 unspecified atom stereocenters. The fraction of sp³-hybridized carbons (Fsp3) is 0.923. The molecule has 0 saturated carbocycles. The molecule has 1 amide bonds. The molecule has 1 fully saturated rings. The van der Waals surface area contributed by atoms with E-state index in [1.165, 1.54) is 0 Å². The van der Waals surface area contributed by atoms with Crippen LogP contribution in [-0.2, 0) is 24.1 Å². The third-order valence-electron chi connectivity index (χ3n) is 3.84. The Morgan fingerprint density at radius 2 is 1.95 bits per heavy atom. The molecule has 22 heavy (non-hydrogen) atoms. The molecule has 0 aromatic carbocycles. The van der Waals surface area contributed by atoms with E-state index in [1.807, 2.05) is 13.8 Å². The van der Waals surface area contributed by atoms with Crippen LogP contribution in [-0.4, -0.2) is 75.9 Å². The van der Waals surface area contributed by atoms with Gasteiger partial charge < -0.3 is 14.5 Å². The highest BCUT2D eigenvalue weighted by Crippen LogP contribution is 2.12. The molecule has 1 heterocycles. The molecule has 1 rings (SSSR count). The summed E-state index contributed by atoms with van der Waals surface area (Å²) >= 11 is 0. The lowest BCUT2D eigenvalue weighted by Gasteiger charge is -2.41. The van der Waals surface area contributed by atoms with Crippen LogP contribution in [0, 0.1) is 5.92 Å². The average Bonchev–Trinajstić information content (AvgIpc) is 2.43. The number of rotatable bonds is 9. The predicted octanol–water partition coefficient (Wildman–Crippen LogP) is -0.185. The summed E-state index contributed by atoms with van der Waals surface area (Å²) in [6.07, 6.45) is 0.512. The number of hydrogen-bond acceptors (Lipinski definition) is 5. The van der Waals surface area contributed by atoms with Gasteiger partial charge in [0.25, 0.3) is 0 Å². The maximum absolute atomic E-state index is 11.6. The van der Waals surface area contributed by atoms with Gasteiger partial charge in [0.2, 0.25) is 5.91 Å². The van der Waals surface area contributed by atoms with Gasteiger partial charge in [-0.3, -0.25) is 9.35 Å². The molecule has 1 saturated heterocycles. The molecule has 8 nitrogen and oxygen atoms in total. The quantitative estimate of drug-likeness (QED) is 0.343. The Morgan fingerprint density at radius 1 is 1.32 bits per heavy atom. The zero-order valence-corrected chi connectivity index (χ0v) is 14.1. The van der Waals surface area contributed by atoms with Crippen molar-refractivity contribution in [1.82, 2.24) is 5.32 Å². The molecule has 0 aromatic rings. The van der Waals surface area contributed by atoms with Crippen LogP contribution in [0.5, 0.6) is 0 Å². The lowest BCUT2D eigenvalue weighted by atomic mass is 10.2. The summed E-state index contributed by atoms with van der Waals surface area (Å²) in [5.74, 6) is -0.0117. The number of carbonyl (C=O) groups is 1. The smallest absolute Gasteiger partial charge is 0.370 e. The highest BCUT2D eigenvalue weighted by atomic mass is 32.3. The lowest BCUT2D eigenvalue weighted by Crippen LogP contribution is -2.58. The first-order chi connectivity index (χ1) is 10.2. The summed E-state index contributed by atoms with van der Waals surface area (Å²) in [5.41, 5.74) is 0. The Bertz CT molecular complexity index is 445. The maximum atomic E-state index is 11.6. The molecule has 130 valence electrons. The van der Waals surface area contributed by atoms with E-state index in [0.29, 0.717) is 26.2 Å². The maximum Gasteiger partial charge on any atom is 0.397 e. The van der Waals surface area contributed by atoms with Crippen LogP contribution in [0.2, 0.25) is 0 Å². The van der Waals surface area contributed by atoms with Crippen molar-refractivity contribution in [1.29, 1.82) is 0 Å². The monoisotopic (exact) mass is 339 g/mol. The molecule has 0 aromatic heterocycles. The molecule has 0 spiro atoms. The first-order valence-corrected chi connectivity index (χ1v) is 8.93. The number of nitrogens with one attached hydrogen (secondary N) is 1. The Morgan fingerprint density at radius 3 is 2.50 bits per heavy atom. The van der Waals surface area contributed by atoms with Crippen molar-refractivity contribution in [2.24, 2.45) is 5.92 Å². The van der Waals surface area contributed by atoms with Crippen molar-refractivity contribution >= 4 is 16.3 Å². The number of carbonyl (C=O) groups excluding carboxylic acids is 1. The van der Waals surface area contributed by atoms with E-state index in [9.17, 15) is 13.2 Å². The van der Waals surface area contributed by atoms with Gasteiger partial charge in [-0.25, -0.2) is 4.18 Å². The average molecular weight is 339 g/mol. The van der Waals surface area contributed by atoms with Gasteiger partial charge in [-0.15, -0.1) is 0 Å². The summed E-state index contributed by atoms with van der Waals surface area (Å²) < 4.78 is 40.1.